The monoisotopic (exact) mass is 366 g/mol. The smallest absolute Gasteiger partial charge is 0.392 e. The first-order valence-corrected chi connectivity index (χ1v) is 7.72. The molecular formula is C16H22ClF3N2O2. The summed E-state index contributed by atoms with van der Waals surface area (Å²) in [4.78, 5) is 12.2. The highest BCUT2D eigenvalue weighted by Crippen LogP contribution is 2.41. The largest absolute Gasteiger partial charge is 0.492 e. The van der Waals surface area contributed by atoms with E-state index < -0.39 is 23.9 Å². The van der Waals surface area contributed by atoms with Crippen LogP contribution in [0.5, 0.6) is 5.75 Å². The molecule has 0 saturated heterocycles. The third-order valence-corrected chi connectivity index (χ3v) is 4.03. The minimum atomic E-state index is -4.33. The quantitative estimate of drug-likeness (QED) is 0.834. The summed E-state index contributed by atoms with van der Waals surface area (Å²) in [5.74, 6) is -2.54. The molecule has 0 aromatic heterocycles. The number of nitrogens with two attached hydrogens (primary N) is 1. The third-order valence-electron chi connectivity index (χ3n) is 4.03. The van der Waals surface area contributed by atoms with Crippen molar-refractivity contribution in [2.75, 3.05) is 18.5 Å². The van der Waals surface area contributed by atoms with E-state index >= 15 is 0 Å². The molecule has 2 atom stereocenters. The van der Waals surface area contributed by atoms with Gasteiger partial charge >= 0.3 is 6.18 Å². The Balaban J connectivity index is 0.00000288. The SMILES string of the molecule is Cl.NCCOc1ccc(NC(=O)C2CCCCC2C(F)(F)F)cc1. The number of rotatable bonds is 5. The van der Waals surface area contributed by atoms with Gasteiger partial charge in [0, 0.05) is 18.2 Å². The summed E-state index contributed by atoms with van der Waals surface area (Å²) < 4.78 is 44.5. The molecule has 2 rings (SSSR count). The van der Waals surface area contributed by atoms with Crippen LogP contribution in [0.25, 0.3) is 0 Å². The summed E-state index contributed by atoms with van der Waals surface area (Å²) in [7, 11) is 0. The van der Waals surface area contributed by atoms with Crippen molar-refractivity contribution < 1.29 is 22.7 Å². The van der Waals surface area contributed by atoms with Gasteiger partial charge in [0.05, 0.1) is 5.92 Å². The van der Waals surface area contributed by atoms with Crippen LogP contribution in [0.4, 0.5) is 18.9 Å². The summed E-state index contributed by atoms with van der Waals surface area (Å²) >= 11 is 0. The number of nitrogens with one attached hydrogen (secondary N) is 1. The molecule has 0 aliphatic heterocycles. The molecule has 1 aromatic rings. The van der Waals surface area contributed by atoms with E-state index in [4.69, 9.17) is 10.5 Å². The second-order valence-corrected chi connectivity index (χ2v) is 5.69. The molecule has 1 aromatic carbocycles. The van der Waals surface area contributed by atoms with Gasteiger partial charge in [-0.3, -0.25) is 4.79 Å². The Labute approximate surface area is 145 Å². The molecule has 0 spiro atoms. The Morgan fingerprint density at radius 2 is 1.83 bits per heavy atom. The lowest BCUT2D eigenvalue weighted by atomic mass is 9.78. The summed E-state index contributed by atoms with van der Waals surface area (Å²) in [5.41, 5.74) is 5.79. The van der Waals surface area contributed by atoms with Gasteiger partial charge in [-0.05, 0) is 37.1 Å². The molecule has 0 bridgehead atoms. The maximum Gasteiger partial charge on any atom is 0.392 e. The Morgan fingerprint density at radius 1 is 1.21 bits per heavy atom. The Morgan fingerprint density at radius 3 is 2.42 bits per heavy atom. The van der Waals surface area contributed by atoms with Crippen LogP contribution >= 0.6 is 12.4 Å². The maximum absolute atomic E-state index is 13.1. The minimum Gasteiger partial charge on any atom is -0.492 e. The highest BCUT2D eigenvalue weighted by atomic mass is 35.5. The average Bonchev–Trinajstić information content (AvgIpc) is 2.53. The van der Waals surface area contributed by atoms with Crippen LogP contribution in [-0.4, -0.2) is 25.2 Å². The number of carbonyl (C=O) groups is 1. The van der Waals surface area contributed by atoms with Crippen LogP contribution in [0, 0.1) is 11.8 Å². The van der Waals surface area contributed by atoms with Crippen molar-refractivity contribution in [1.29, 1.82) is 0 Å². The lowest BCUT2D eigenvalue weighted by Crippen LogP contribution is -2.39. The first kappa shape index (κ1) is 20.6. The molecule has 4 nitrogen and oxygen atoms in total. The second-order valence-electron chi connectivity index (χ2n) is 5.69. The third kappa shape index (κ3) is 5.56. The van der Waals surface area contributed by atoms with Crippen LogP contribution in [-0.2, 0) is 4.79 Å². The molecular weight excluding hydrogens is 345 g/mol. The van der Waals surface area contributed by atoms with Crippen LogP contribution in [0.2, 0.25) is 0 Å². The van der Waals surface area contributed by atoms with E-state index in [0.717, 1.165) is 0 Å². The summed E-state index contributed by atoms with van der Waals surface area (Å²) in [6.45, 7) is 0.764. The van der Waals surface area contributed by atoms with Gasteiger partial charge in [-0.2, -0.15) is 13.2 Å². The van der Waals surface area contributed by atoms with E-state index in [1.165, 1.54) is 0 Å². The van der Waals surface area contributed by atoms with E-state index in [2.05, 4.69) is 5.32 Å². The number of ether oxygens (including phenoxy) is 1. The Bertz CT molecular complexity index is 523. The zero-order valence-electron chi connectivity index (χ0n) is 13.1. The van der Waals surface area contributed by atoms with Crippen molar-refractivity contribution >= 4 is 24.0 Å². The zero-order valence-corrected chi connectivity index (χ0v) is 14.0. The number of halogens is 4. The normalized spacial score (nSPS) is 20.8. The van der Waals surface area contributed by atoms with Crippen molar-refractivity contribution in [3.05, 3.63) is 24.3 Å². The number of amides is 1. The van der Waals surface area contributed by atoms with Gasteiger partial charge < -0.3 is 15.8 Å². The standard InChI is InChI=1S/C16H21F3N2O2.ClH/c17-16(18,19)14-4-2-1-3-13(14)15(22)21-11-5-7-12(8-6-11)23-10-9-20;/h5-8,13-14H,1-4,9-10,20H2,(H,21,22);1H. The van der Waals surface area contributed by atoms with Crippen LogP contribution in [0.1, 0.15) is 25.7 Å². The molecule has 1 saturated carbocycles. The number of hydrogen-bond donors (Lipinski definition) is 2. The molecule has 8 heteroatoms. The van der Waals surface area contributed by atoms with E-state index in [1.54, 1.807) is 24.3 Å². The molecule has 1 aliphatic rings. The van der Waals surface area contributed by atoms with Crippen molar-refractivity contribution in [2.24, 2.45) is 17.6 Å². The van der Waals surface area contributed by atoms with E-state index in [-0.39, 0.29) is 25.2 Å². The Kier molecular flexibility index (Phi) is 7.83. The fourth-order valence-electron chi connectivity index (χ4n) is 2.88. The lowest BCUT2D eigenvalue weighted by molar-refractivity contribution is -0.197. The van der Waals surface area contributed by atoms with Gasteiger partial charge in [-0.1, -0.05) is 12.8 Å². The fraction of sp³-hybridized carbons (Fsp3) is 0.562. The molecule has 1 amide bonds. The molecule has 136 valence electrons. The number of anilines is 1. The molecule has 1 fully saturated rings. The van der Waals surface area contributed by atoms with Gasteiger partial charge in [0.15, 0.2) is 0 Å². The lowest BCUT2D eigenvalue weighted by Gasteiger charge is -2.32. The van der Waals surface area contributed by atoms with Crippen molar-refractivity contribution in [2.45, 2.75) is 31.9 Å². The van der Waals surface area contributed by atoms with Gasteiger partial charge in [0.1, 0.15) is 12.4 Å². The molecule has 1 aliphatic carbocycles. The van der Waals surface area contributed by atoms with Crippen LogP contribution in [0.15, 0.2) is 24.3 Å². The fourth-order valence-corrected chi connectivity index (χ4v) is 2.88. The van der Waals surface area contributed by atoms with Gasteiger partial charge in [0.2, 0.25) is 5.91 Å². The number of carbonyl (C=O) groups excluding carboxylic acids is 1. The molecule has 0 heterocycles. The minimum absolute atomic E-state index is 0. The topological polar surface area (TPSA) is 64.3 Å². The van der Waals surface area contributed by atoms with Crippen LogP contribution < -0.4 is 15.8 Å². The van der Waals surface area contributed by atoms with E-state index in [9.17, 15) is 18.0 Å². The predicted octanol–water partition coefficient (Wildman–Crippen LogP) is 3.75. The number of alkyl halides is 3. The summed E-state index contributed by atoms with van der Waals surface area (Å²) in [5, 5.41) is 2.58. The van der Waals surface area contributed by atoms with Crippen molar-refractivity contribution in [3.8, 4) is 5.75 Å². The predicted molar refractivity (Wildman–Crippen MR) is 88.4 cm³/mol. The Hall–Kier alpha value is -1.47. The first-order chi connectivity index (χ1) is 10.9. The van der Waals surface area contributed by atoms with Gasteiger partial charge in [0.25, 0.3) is 0 Å². The summed E-state index contributed by atoms with van der Waals surface area (Å²) in [6.07, 6.45) is -2.87. The highest BCUT2D eigenvalue weighted by molar-refractivity contribution is 5.92. The maximum atomic E-state index is 13.1. The molecule has 0 radical (unpaired) electrons. The zero-order chi connectivity index (χ0) is 16.9. The number of benzene rings is 1. The molecule has 2 unspecified atom stereocenters. The molecule has 3 N–H and O–H groups in total. The van der Waals surface area contributed by atoms with Crippen LogP contribution in [0.3, 0.4) is 0 Å². The van der Waals surface area contributed by atoms with Crippen molar-refractivity contribution in [3.63, 3.8) is 0 Å². The van der Waals surface area contributed by atoms with Gasteiger partial charge in [-0.15, -0.1) is 12.4 Å². The van der Waals surface area contributed by atoms with E-state index in [1.807, 2.05) is 0 Å². The summed E-state index contributed by atoms with van der Waals surface area (Å²) in [6, 6.07) is 6.51. The average molecular weight is 367 g/mol. The molecule has 24 heavy (non-hydrogen) atoms. The second kappa shape index (κ2) is 9.13. The highest BCUT2D eigenvalue weighted by Gasteiger charge is 2.48. The number of hydrogen-bond acceptors (Lipinski definition) is 3. The van der Waals surface area contributed by atoms with Crippen molar-refractivity contribution in [1.82, 2.24) is 0 Å². The first-order valence-electron chi connectivity index (χ1n) is 7.72. The van der Waals surface area contributed by atoms with E-state index in [0.29, 0.717) is 37.4 Å². The van der Waals surface area contributed by atoms with Gasteiger partial charge in [-0.25, -0.2) is 0 Å².